The summed E-state index contributed by atoms with van der Waals surface area (Å²) in [6, 6.07) is -3.30. The van der Waals surface area contributed by atoms with E-state index in [1.165, 1.54) is 31.3 Å². The fourth-order valence-corrected chi connectivity index (χ4v) is 6.73. The SMILES string of the molecule is CNC1C(OC2C(OC3C(O)C(O)C(OC(=N)/N=C/C=C(\C)CC/C=C(\C)CCC=C(C)C)C(O)C3NC(=N)N)OC(C)C2(O)CO)OC(CO)C(O)C1O. The highest BCUT2D eigenvalue weighted by Crippen LogP contribution is 2.39. The van der Waals surface area contributed by atoms with Gasteiger partial charge in [0.1, 0.15) is 54.4 Å². The molecule has 3 fully saturated rings. The fourth-order valence-electron chi connectivity index (χ4n) is 6.73. The molecule has 1 aliphatic carbocycles. The number of nitrogens with two attached hydrogens (primary N) is 1. The highest BCUT2D eigenvalue weighted by molar-refractivity contribution is 5.86. The van der Waals surface area contributed by atoms with E-state index in [9.17, 15) is 40.9 Å². The number of nitrogens with zero attached hydrogens (tertiary/aromatic N) is 1. The van der Waals surface area contributed by atoms with Gasteiger partial charge in [0.2, 0.25) is 0 Å². The zero-order chi connectivity index (χ0) is 41.2. The minimum atomic E-state index is -2.19. The van der Waals surface area contributed by atoms with Gasteiger partial charge < -0.3 is 80.9 Å². The number of aliphatic imine (C=N–C) groups is 1. The summed E-state index contributed by atoms with van der Waals surface area (Å²) < 4.78 is 29.0. The summed E-state index contributed by atoms with van der Waals surface area (Å²) >= 11 is 0. The molecule has 0 aromatic rings. The zero-order valence-electron chi connectivity index (χ0n) is 32.3. The Morgan fingerprint density at radius 1 is 0.836 bits per heavy atom. The van der Waals surface area contributed by atoms with Gasteiger partial charge in [-0.15, -0.1) is 0 Å². The quantitative estimate of drug-likeness (QED) is 0.0458. The minimum absolute atomic E-state index is 0.665. The molecule has 2 saturated heterocycles. The number of aliphatic hydroxyl groups excluding tert-OH is 7. The Morgan fingerprint density at radius 2 is 1.47 bits per heavy atom. The number of rotatable bonds is 16. The molecule has 1 saturated carbocycles. The van der Waals surface area contributed by atoms with E-state index in [0.717, 1.165) is 31.3 Å². The summed E-state index contributed by atoms with van der Waals surface area (Å²) in [5.74, 6) is -0.665. The van der Waals surface area contributed by atoms with Gasteiger partial charge in [-0.1, -0.05) is 28.9 Å². The lowest BCUT2D eigenvalue weighted by atomic mass is 9.82. The summed E-state index contributed by atoms with van der Waals surface area (Å²) in [6.07, 6.45) is -8.18. The van der Waals surface area contributed by atoms with Gasteiger partial charge in [0, 0.05) is 6.21 Å². The molecule has 0 radical (unpaired) electrons. The Kier molecular flexibility index (Phi) is 17.8. The maximum Gasteiger partial charge on any atom is 0.309 e. The highest BCUT2D eigenvalue weighted by Gasteiger charge is 2.60. The molecular weight excluding hydrogens is 724 g/mol. The van der Waals surface area contributed by atoms with Crippen LogP contribution in [0.2, 0.25) is 0 Å². The largest absolute Gasteiger partial charge is 0.455 e. The number of amidine groups is 1. The third-order valence-electron chi connectivity index (χ3n) is 10.1. The molecule has 0 spiro atoms. The van der Waals surface area contributed by atoms with Crippen molar-refractivity contribution in [2.75, 3.05) is 20.3 Å². The lowest BCUT2D eigenvalue weighted by molar-refractivity contribution is -0.319. The van der Waals surface area contributed by atoms with Crippen molar-refractivity contribution in [3.63, 3.8) is 0 Å². The Balaban J connectivity index is 1.75. The van der Waals surface area contributed by atoms with Gasteiger partial charge in [-0.2, -0.15) is 0 Å². The standard InChI is InChI=1S/C36H62N6O13/c1-17(2)9-7-10-18(3)11-8-12-19(4)13-14-41-35(39)54-30-26(47)22(42-34(37)38)29(27(48)28(30)49)53-33-31(36(50,16-44)20(5)51-33)55-32-23(40-6)25(46)24(45)21(15-43)52-32/h9,11,13-14,20-33,39-40,43-50H,7-8,10,12,15-16H2,1-6H3,(H4,37,38,42)/b18-11+,19-13+,39-35?,41-14+. The van der Waals surface area contributed by atoms with Crippen molar-refractivity contribution in [3.05, 3.63) is 34.9 Å². The topological polar surface area (TPSA) is 318 Å². The molecule has 2 heterocycles. The molecule has 2 aliphatic heterocycles. The maximum atomic E-state index is 11.5. The Morgan fingerprint density at radius 3 is 2.07 bits per heavy atom. The molecule has 3 rings (SSSR count). The van der Waals surface area contributed by atoms with E-state index < -0.39 is 116 Å². The number of allylic oxidation sites excluding steroid dienone is 6. The van der Waals surface area contributed by atoms with Crippen LogP contribution in [-0.4, -0.2) is 171 Å². The second kappa shape index (κ2) is 21.0. The van der Waals surface area contributed by atoms with Crippen molar-refractivity contribution in [2.45, 2.75) is 152 Å². The average molecular weight is 787 g/mol. The van der Waals surface area contributed by atoms with E-state index in [1.807, 2.05) is 6.92 Å². The van der Waals surface area contributed by atoms with Gasteiger partial charge in [0.05, 0.1) is 31.4 Å². The molecule has 15 unspecified atom stereocenters. The van der Waals surface area contributed by atoms with E-state index in [0.29, 0.717) is 0 Å². The molecule has 3 aliphatic rings. The second-order valence-electron chi connectivity index (χ2n) is 14.6. The van der Waals surface area contributed by atoms with Gasteiger partial charge in [-0.05, 0) is 73.4 Å². The average Bonchev–Trinajstić information content (AvgIpc) is 3.36. The van der Waals surface area contributed by atoms with Crippen LogP contribution in [0.3, 0.4) is 0 Å². The highest BCUT2D eigenvalue weighted by atomic mass is 16.8. The fraction of sp³-hybridized carbons (Fsp3) is 0.750. The summed E-state index contributed by atoms with van der Waals surface area (Å²) in [6.45, 7) is 7.92. The van der Waals surface area contributed by atoms with Crippen LogP contribution < -0.4 is 16.4 Å². The van der Waals surface area contributed by atoms with Crippen LogP contribution >= 0.6 is 0 Å². The monoisotopic (exact) mass is 786 g/mol. The van der Waals surface area contributed by atoms with Gasteiger partial charge in [0.15, 0.2) is 24.6 Å². The predicted molar refractivity (Wildman–Crippen MR) is 200 cm³/mol. The first-order chi connectivity index (χ1) is 25.9. The molecule has 0 amide bonds. The molecular formula is C36H62N6O13. The number of aliphatic hydroxyl groups is 8. The molecule has 0 aromatic carbocycles. The molecule has 0 aromatic heterocycles. The maximum absolute atomic E-state index is 11.5. The third kappa shape index (κ3) is 11.8. The number of ether oxygens (including phenoxy) is 5. The first kappa shape index (κ1) is 46.5. The van der Waals surface area contributed by atoms with E-state index in [2.05, 4.69) is 48.5 Å². The summed E-state index contributed by atoms with van der Waals surface area (Å²) in [4.78, 5) is 3.94. The number of hydrogen-bond acceptors (Lipinski definition) is 16. The summed E-state index contributed by atoms with van der Waals surface area (Å²) in [7, 11) is 1.44. The predicted octanol–water partition coefficient (Wildman–Crippen LogP) is -1.99. The van der Waals surface area contributed by atoms with Gasteiger partial charge in [-0.25, -0.2) is 10.4 Å². The molecule has 0 bridgehead atoms. The van der Waals surface area contributed by atoms with Crippen molar-refractivity contribution in [3.8, 4) is 0 Å². The number of nitrogens with one attached hydrogen (secondary N) is 4. The normalized spacial score (nSPS) is 38.6. The Labute approximate surface area is 321 Å². The molecule has 314 valence electrons. The lowest BCUT2D eigenvalue weighted by Crippen LogP contribution is -2.71. The van der Waals surface area contributed by atoms with Gasteiger partial charge in [0.25, 0.3) is 0 Å². The van der Waals surface area contributed by atoms with Crippen LogP contribution in [0.25, 0.3) is 0 Å². The summed E-state index contributed by atoms with van der Waals surface area (Å²) in [5, 5.41) is 108. The van der Waals surface area contributed by atoms with Crippen molar-refractivity contribution in [2.24, 2.45) is 10.7 Å². The van der Waals surface area contributed by atoms with E-state index in [1.54, 1.807) is 6.08 Å². The zero-order valence-corrected chi connectivity index (χ0v) is 32.3. The second-order valence-corrected chi connectivity index (χ2v) is 14.6. The molecule has 55 heavy (non-hydrogen) atoms. The number of likely N-dealkylation sites (N-methyl/N-ethyl adjacent to an activating group) is 1. The van der Waals surface area contributed by atoms with Crippen LogP contribution in [0.5, 0.6) is 0 Å². The first-order valence-corrected chi connectivity index (χ1v) is 18.4. The van der Waals surface area contributed by atoms with Crippen molar-refractivity contribution in [1.29, 1.82) is 10.8 Å². The third-order valence-corrected chi connectivity index (χ3v) is 10.1. The molecule has 19 nitrogen and oxygen atoms in total. The van der Waals surface area contributed by atoms with Gasteiger partial charge in [-0.3, -0.25) is 5.41 Å². The van der Waals surface area contributed by atoms with Crippen LogP contribution in [-0.2, 0) is 23.7 Å². The van der Waals surface area contributed by atoms with Crippen LogP contribution in [0.15, 0.2) is 39.9 Å². The van der Waals surface area contributed by atoms with Crippen LogP contribution in [0, 0.1) is 10.8 Å². The Hall–Kier alpha value is -2.89. The lowest BCUT2D eigenvalue weighted by Gasteiger charge is -2.47. The van der Waals surface area contributed by atoms with E-state index in [-0.39, 0.29) is 0 Å². The van der Waals surface area contributed by atoms with Gasteiger partial charge >= 0.3 is 6.02 Å². The van der Waals surface area contributed by atoms with Crippen molar-refractivity contribution < 1.29 is 64.5 Å². The molecule has 15 atom stereocenters. The van der Waals surface area contributed by atoms with E-state index >= 15 is 0 Å². The minimum Gasteiger partial charge on any atom is -0.455 e. The molecule has 19 heteroatoms. The number of guanidine groups is 1. The Bertz CT molecular complexity index is 1400. The summed E-state index contributed by atoms with van der Waals surface area (Å²) in [5.41, 5.74) is 6.99. The molecule has 14 N–H and O–H groups in total. The van der Waals surface area contributed by atoms with Crippen LogP contribution in [0.4, 0.5) is 0 Å². The van der Waals surface area contributed by atoms with E-state index in [4.69, 9.17) is 40.2 Å². The first-order valence-electron chi connectivity index (χ1n) is 18.4. The van der Waals surface area contributed by atoms with Crippen LogP contribution in [0.1, 0.15) is 60.3 Å². The smallest absolute Gasteiger partial charge is 0.309 e. The van der Waals surface area contributed by atoms with Crippen molar-refractivity contribution in [1.82, 2.24) is 10.6 Å². The number of hydrogen-bond donors (Lipinski definition) is 13. The van der Waals surface area contributed by atoms with Crippen molar-refractivity contribution >= 4 is 18.2 Å².